The van der Waals surface area contributed by atoms with Gasteiger partial charge in [0.2, 0.25) is 0 Å². The first-order valence-electron chi connectivity index (χ1n) is 4.06. The molecule has 0 unspecified atom stereocenters. The molecule has 0 aromatic carbocycles. The summed E-state index contributed by atoms with van der Waals surface area (Å²) in [5.41, 5.74) is 0. The van der Waals surface area contributed by atoms with Crippen molar-refractivity contribution in [2.45, 2.75) is 12.8 Å². The Morgan fingerprint density at radius 3 is 2.93 bits per heavy atom. The summed E-state index contributed by atoms with van der Waals surface area (Å²) in [5, 5.41) is 11.3. The highest BCUT2D eigenvalue weighted by molar-refractivity contribution is 5.74. The van der Waals surface area contributed by atoms with Crippen molar-refractivity contribution in [3.8, 4) is 0 Å². The van der Waals surface area contributed by atoms with Crippen molar-refractivity contribution in [1.82, 2.24) is 9.55 Å². The lowest BCUT2D eigenvalue weighted by Gasteiger charge is -2.14. The second-order valence-electron chi connectivity index (χ2n) is 2.58. The van der Waals surface area contributed by atoms with Crippen LogP contribution < -0.4 is 0 Å². The predicted molar refractivity (Wildman–Crippen MR) is 49.4 cm³/mol. The van der Waals surface area contributed by atoms with Crippen molar-refractivity contribution in [2.24, 2.45) is 5.16 Å². The van der Waals surface area contributed by atoms with Gasteiger partial charge in [-0.3, -0.25) is 0 Å². The van der Waals surface area contributed by atoms with E-state index in [1.165, 1.54) is 6.21 Å². The Labute approximate surface area is 81.8 Å². The first kappa shape index (κ1) is 10.7. The molecule has 0 bridgehead atoms. The Hall–Kier alpha value is -1.40. The molecule has 1 rings (SSSR count). The van der Waals surface area contributed by atoms with Crippen LogP contribution >= 0.6 is 0 Å². The van der Waals surface area contributed by atoms with E-state index >= 15 is 0 Å². The Morgan fingerprint density at radius 1 is 1.64 bits per heavy atom. The number of aromatic nitrogens is 2. The lowest BCUT2D eigenvalue weighted by atomic mass is 10.5. The van der Waals surface area contributed by atoms with E-state index in [0.29, 0.717) is 12.4 Å². The molecule has 14 heavy (non-hydrogen) atoms. The van der Waals surface area contributed by atoms with Gasteiger partial charge in [0.25, 0.3) is 0 Å². The molecule has 78 valence electrons. The predicted octanol–water partition coefficient (Wildman–Crippen LogP) is 0.310. The maximum atomic E-state index is 8.36. The molecule has 6 nitrogen and oxygen atoms in total. The van der Waals surface area contributed by atoms with E-state index in [1.807, 2.05) is 0 Å². The molecule has 1 aromatic rings. The van der Waals surface area contributed by atoms with Crippen molar-refractivity contribution >= 4 is 6.21 Å². The number of ether oxygens (including phenoxy) is 2. The minimum absolute atomic E-state index is 0.338. The Balaban J connectivity index is 2.69. The summed E-state index contributed by atoms with van der Waals surface area (Å²) < 4.78 is 11.8. The van der Waals surface area contributed by atoms with Gasteiger partial charge in [-0.1, -0.05) is 5.16 Å². The molecule has 0 atom stereocenters. The maximum Gasteiger partial charge on any atom is 0.174 e. The summed E-state index contributed by atoms with van der Waals surface area (Å²) in [5.74, 6) is 0.548. The van der Waals surface area contributed by atoms with Gasteiger partial charge in [-0.05, 0) is 0 Å². The number of nitrogens with zero attached hydrogens (tertiary/aromatic N) is 3. The number of rotatable bonds is 5. The van der Waals surface area contributed by atoms with E-state index in [-0.39, 0.29) is 6.29 Å². The zero-order valence-corrected chi connectivity index (χ0v) is 8.12. The van der Waals surface area contributed by atoms with Gasteiger partial charge in [-0.15, -0.1) is 0 Å². The molecule has 0 aliphatic carbocycles. The average molecular weight is 199 g/mol. The van der Waals surface area contributed by atoms with E-state index in [9.17, 15) is 0 Å². The summed E-state index contributed by atoms with van der Waals surface area (Å²) in [4.78, 5) is 3.97. The molecule has 0 fully saturated rings. The topological polar surface area (TPSA) is 68.9 Å². The molecule has 0 saturated heterocycles. The molecule has 0 radical (unpaired) electrons. The van der Waals surface area contributed by atoms with E-state index < -0.39 is 0 Å². The van der Waals surface area contributed by atoms with Crippen LogP contribution in [-0.4, -0.2) is 41.5 Å². The lowest BCUT2D eigenvalue weighted by Crippen LogP contribution is -2.21. The molecule has 1 aromatic heterocycles. The number of hydrogen-bond donors (Lipinski definition) is 1. The van der Waals surface area contributed by atoms with E-state index in [2.05, 4.69) is 10.1 Å². The van der Waals surface area contributed by atoms with Crippen LogP contribution in [0.4, 0.5) is 0 Å². The van der Waals surface area contributed by atoms with Crippen LogP contribution in [0, 0.1) is 0 Å². The lowest BCUT2D eigenvalue weighted by molar-refractivity contribution is -0.111. The molecular weight excluding hydrogens is 186 g/mol. The van der Waals surface area contributed by atoms with Crippen LogP contribution in [0.1, 0.15) is 5.82 Å². The Morgan fingerprint density at radius 2 is 2.36 bits per heavy atom. The molecule has 0 saturated carbocycles. The molecule has 0 aliphatic heterocycles. The highest BCUT2D eigenvalue weighted by Gasteiger charge is 2.08. The van der Waals surface area contributed by atoms with E-state index in [4.69, 9.17) is 14.7 Å². The van der Waals surface area contributed by atoms with Gasteiger partial charge in [0.1, 0.15) is 6.21 Å². The highest BCUT2D eigenvalue weighted by atomic mass is 16.7. The van der Waals surface area contributed by atoms with Crippen LogP contribution in [0.25, 0.3) is 0 Å². The smallest absolute Gasteiger partial charge is 0.174 e. The first-order chi connectivity index (χ1) is 6.81. The molecule has 6 heteroatoms. The third-order valence-electron chi connectivity index (χ3n) is 1.79. The van der Waals surface area contributed by atoms with Gasteiger partial charge in [-0.25, -0.2) is 4.98 Å². The van der Waals surface area contributed by atoms with Crippen molar-refractivity contribution in [2.75, 3.05) is 14.2 Å². The van der Waals surface area contributed by atoms with Gasteiger partial charge in [0.15, 0.2) is 12.1 Å². The van der Waals surface area contributed by atoms with Crippen molar-refractivity contribution in [3.63, 3.8) is 0 Å². The minimum Gasteiger partial charge on any atom is -0.411 e. The van der Waals surface area contributed by atoms with Crippen molar-refractivity contribution in [3.05, 3.63) is 18.2 Å². The van der Waals surface area contributed by atoms with Gasteiger partial charge >= 0.3 is 0 Å². The minimum atomic E-state index is -0.338. The SMILES string of the molecule is COC(Cn1ccnc1/C=N/O)OC. The summed E-state index contributed by atoms with van der Waals surface area (Å²) in [6, 6.07) is 0. The number of imidazole rings is 1. The fourth-order valence-corrected chi connectivity index (χ4v) is 1.06. The fraction of sp³-hybridized carbons (Fsp3) is 0.500. The standard InChI is InChI=1S/C8H13N3O3/c1-13-8(14-2)6-11-4-3-9-7(11)5-10-12/h3-5,8,12H,6H2,1-2H3/b10-5+. The Bertz CT molecular complexity index is 294. The molecule has 1 heterocycles. The van der Waals surface area contributed by atoms with E-state index in [1.54, 1.807) is 31.2 Å². The van der Waals surface area contributed by atoms with Gasteiger partial charge in [0.05, 0.1) is 6.54 Å². The molecule has 0 amide bonds. The number of oxime groups is 1. The zero-order chi connectivity index (χ0) is 10.4. The number of methoxy groups -OCH3 is 2. The second kappa shape index (κ2) is 5.36. The number of hydrogen-bond acceptors (Lipinski definition) is 5. The maximum absolute atomic E-state index is 8.36. The van der Waals surface area contributed by atoms with Crippen molar-refractivity contribution in [1.29, 1.82) is 0 Å². The van der Waals surface area contributed by atoms with Gasteiger partial charge < -0.3 is 19.2 Å². The summed E-state index contributed by atoms with van der Waals surface area (Å²) in [6.45, 7) is 0.494. The van der Waals surface area contributed by atoms with Gasteiger partial charge in [-0.2, -0.15) is 0 Å². The summed E-state index contributed by atoms with van der Waals surface area (Å²) >= 11 is 0. The second-order valence-corrected chi connectivity index (χ2v) is 2.58. The highest BCUT2D eigenvalue weighted by Crippen LogP contribution is 2.00. The fourth-order valence-electron chi connectivity index (χ4n) is 1.06. The van der Waals surface area contributed by atoms with Crippen LogP contribution in [0.2, 0.25) is 0 Å². The normalized spacial score (nSPS) is 11.6. The Kier molecular flexibility index (Phi) is 4.09. The largest absolute Gasteiger partial charge is 0.411 e. The molecule has 0 spiro atoms. The van der Waals surface area contributed by atoms with Crippen LogP contribution in [0.5, 0.6) is 0 Å². The molecular formula is C8H13N3O3. The first-order valence-corrected chi connectivity index (χ1v) is 4.06. The van der Waals surface area contributed by atoms with E-state index in [0.717, 1.165) is 0 Å². The molecule has 1 N–H and O–H groups in total. The average Bonchev–Trinajstić information content (AvgIpc) is 2.62. The van der Waals surface area contributed by atoms with Crippen molar-refractivity contribution < 1.29 is 14.7 Å². The van der Waals surface area contributed by atoms with Crippen LogP contribution in [0.15, 0.2) is 17.5 Å². The van der Waals surface area contributed by atoms with Gasteiger partial charge in [0, 0.05) is 26.6 Å². The third-order valence-corrected chi connectivity index (χ3v) is 1.79. The quantitative estimate of drug-likeness (QED) is 0.321. The van der Waals surface area contributed by atoms with Crippen LogP contribution in [-0.2, 0) is 16.0 Å². The molecule has 0 aliphatic rings. The third kappa shape index (κ3) is 2.54. The van der Waals surface area contributed by atoms with Crippen LogP contribution in [0.3, 0.4) is 0 Å². The summed E-state index contributed by atoms with van der Waals surface area (Å²) in [7, 11) is 3.12. The zero-order valence-electron chi connectivity index (χ0n) is 8.12. The monoisotopic (exact) mass is 199 g/mol. The summed E-state index contributed by atoms with van der Waals surface area (Å²) in [6.07, 6.45) is 4.28.